The fraction of sp³-hybridized carbons (Fsp3) is 0.429. The first-order chi connectivity index (χ1) is 10.2. The van der Waals surface area contributed by atoms with E-state index in [1.54, 1.807) is 17.1 Å². The number of nitriles is 1. The van der Waals surface area contributed by atoms with E-state index < -0.39 is 0 Å². The Hall–Kier alpha value is -2.46. The quantitative estimate of drug-likeness (QED) is 0.866. The van der Waals surface area contributed by atoms with Gasteiger partial charge in [-0.15, -0.1) is 0 Å². The first-order valence-corrected chi connectivity index (χ1v) is 6.92. The van der Waals surface area contributed by atoms with Crippen molar-refractivity contribution < 1.29 is 0 Å². The minimum Gasteiger partial charge on any atom is -0.353 e. The van der Waals surface area contributed by atoms with Crippen LogP contribution in [0.3, 0.4) is 0 Å². The second kappa shape index (κ2) is 5.50. The molecular weight excluding hydrogens is 266 g/mol. The highest BCUT2D eigenvalue weighted by atomic mass is 15.3. The average Bonchev–Trinajstić information content (AvgIpc) is 2.93. The molecule has 1 aliphatic rings. The van der Waals surface area contributed by atoms with Crippen molar-refractivity contribution in [1.29, 1.82) is 5.26 Å². The van der Waals surface area contributed by atoms with Gasteiger partial charge in [0, 0.05) is 38.9 Å². The standard InChI is InChI=1S/C14H17N7/c1-10-8-21(4-3-16-10)14-11(5-15)6-17-13(19-14)12-7-18-20(2)9-12/h6-7,9-10,16H,3-4,8H2,1-2H3. The van der Waals surface area contributed by atoms with Crippen LogP contribution in [-0.2, 0) is 7.05 Å². The normalized spacial score (nSPS) is 18.5. The SMILES string of the molecule is CC1CN(c2nc(-c3cnn(C)c3)ncc2C#N)CCN1. The highest BCUT2D eigenvalue weighted by molar-refractivity contribution is 5.60. The van der Waals surface area contributed by atoms with E-state index in [0.29, 0.717) is 23.2 Å². The molecule has 1 N–H and O–H groups in total. The molecule has 0 bridgehead atoms. The fourth-order valence-electron chi connectivity index (χ4n) is 2.49. The van der Waals surface area contributed by atoms with Crippen LogP contribution in [0.4, 0.5) is 5.82 Å². The Morgan fingerprint density at radius 3 is 2.95 bits per heavy atom. The highest BCUT2D eigenvalue weighted by Gasteiger charge is 2.21. The molecule has 21 heavy (non-hydrogen) atoms. The first-order valence-electron chi connectivity index (χ1n) is 6.92. The number of hydrogen-bond donors (Lipinski definition) is 1. The summed E-state index contributed by atoms with van der Waals surface area (Å²) in [6.45, 7) is 4.68. The van der Waals surface area contributed by atoms with Crippen molar-refractivity contribution in [2.75, 3.05) is 24.5 Å². The van der Waals surface area contributed by atoms with Gasteiger partial charge in [-0.1, -0.05) is 0 Å². The van der Waals surface area contributed by atoms with Gasteiger partial charge in [-0.2, -0.15) is 10.4 Å². The minimum atomic E-state index is 0.377. The predicted octanol–water partition coefficient (Wildman–Crippen LogP) is 0.547. The van der Waals surface area contributed by atoms with Gasteiger partial charge in [-0.05, 0) is 6.92 Å². The molecule has 3 heterocycles. The third-order valence-corrected chi connectivity index (χ3v) is 3.52. The smallest absolute Gasteiger partial charge is 0.164 e. The van der Waals surface area contributed by atoms with E-state index in [1.165, 1.54) is 0 Å². The Bertz CT molecular complexity index is 685. The van der Waals surface area contributed by atoms with E-state index in [-0.39, 0.29) is 0 Å². The van der Waals surface area contributed by atoms with Gasteiger partial charge in [-0.3, -0.25) is 4.68 Å². The molecule has 1 atom stereocenters. The van der Waals surface area contributed by atoms with Gasteiger partial charge >= 0.3 is 0 Å². The van der Waals surface area contributed by atoms with Gasteiger partial charge in [0.1, 0.15) is 11.6 Å². The third-order valence-electron chi connectivity index (χ3n) is 3.52. The summed E-state index contributed by atoms with van der Waals surface area (Å²) in [5.74, 6) is 1.31. The van der Waals surface area contributed by atoms with Crippen LogP contribution in [0.2, 0.25) is 0 Å². The molecule has 2 aromatic heterocycles. The molecule has 3 rings (SSSR count). The van der Waals surface area contributed by atoms with Crippen molar-refractivity contribution in [2.45, 2.75) is 13.0 Å². The Kier molecular flexibility index (Phi) is 3.54. The number of rotatable bonds is 2. The fourth-order valence-corrected chi connectivity index (χ4v) is 2.49. The summed E-state index contributed by atoms with van der Waals surface area (Å²) < 4.78 is 1.71. The zero-order valence-corrected chi connectivity index (χ0v) is 12.1. The Morgan fingerprint density at radius 2 is 2.29 bits per heavy atom. The molecule has 1 aliphatic heterocycles. The molecular formula is C14H17N7. The van der Waals surface area contributed by atoms with E-state index in [2.05, 4.69) is 38.3 Å². The summed E-state index contributed by atoms with van der Waals surface area (Å²) in [5, 5.41) is 16.8. The van der Waals surface area contributed by atoms with E-state index in [4.69, 9.17) is 0 Å². The van der Waals surface area contributed by atoms with Crippen LogP contribution in [0.5, 0.6) is 0 Å². The second-order valence-corrected chi connectivity index (χ2v) is 5.25. The molecule has 0 radical (unpaired) electrons. The third kappa shape index (κ3) is 2.71. The van der Waals surface area contributed by atoms with Crippen molar-refractivity contribution >= 4 is 5.82 Å². The summed E-state index contributed by atoms with van der Waals surface area (Å²) in [6.07, 6.45) is 5.19. The molecule has 0 saturated carbocycles. The summed E-state index contributed by atoms with van der Waals surface area (Å²) >= 11 is 0. The summed E-state index contributed by atoms with van der Waals surface area (Å²) in [6, 6.07) is 2.56. The number of piperazine rings is 1. The molecule has 0 aromatic carbocycles. The molecule has 1 fully saturated rings. The van der Waals surface area contributed by atoms with E-state index in [1.807, 2.05) is 13.2 Å². The number of aryl methyl sites for hydroxylation is 1. The predicted molar refractivity (Wildman–Crippen MR) is 78.6 cm³/mol. The number of hydrogen-bond acceptors (Lipinski definition) is 6. The minimum absolute atomic E-state index is 0.377. The maximum Gasteiger partial charge on any atom is 0.164 e. The number of aromatic nitrogens is 4. The van der Waals surface area contributed by atoms with Gasteiger partial charge in [0.15, 0.2) is 11.6 Å². The van der Waals surface area contributed by atoms with Crippen LogP contribution in [-0.4, -0.2) is 45.4 Å². The lowest BCUT2D eigenvalue weighted by atomic mass is 10.2. The van der Waals surface area contributed by atoms with Gasteiger partial charge in [0.05, 0.1) is 18.0 Å². The van der Waals surface area contributed by atoms with Gasteiger partial charge in [0.2, 0.25) is 0 Å². The zero-order valence-electron chi connectivity index (χ0n) is 12.1. The molecule has 0 aliphatic carbocycles. The molecule has 7 nitrogen and oxygen atoms in total. The summed E-state index contributed by atoms with van der Waals surface area (Å²) in [7, 11) is 1.85. The lowest BCUT2D eigenvalue weighted by Gasteiger charge is -2.33. The molecule has 108 valence electrons. The van der Waals surface area contributed by atoms with Crippen LogP contribution in [0.15, 0.2) is 18.6 Å². The van der Waals surface area contributed by atoms with Crippen molar-refractivity contribution in [3.63, 3.8) is 0 Å². The summed E-state index contributed by atoms with van der Waals surface area (Å²) in [4.78, 5) is 11.0. The van der Waals surface area contributed by atoms with Crippen molar-refractivity contribution in [2.24, 2.45) is 7.05 Å². The Morgan fingerprint density at radius 1 is 1.43 bits per heavy atom. The Balaban J connectivity index is 1.99. The monoisotopic (exact) mass is 283 g/mol. The van der Waals surface area contributed by atoms with Crippen molar-refractivity contribution in [1.82, 2.24) is 25.1 Å². The van der Waals surface area contributed by atoms with E-state index in [0.717, 1.165) is 25.2 Å². The molecule has 0 amide bonds. The number of nitrogens with one attached hydrogen (secondary N) is 1. The average molecular weight is 283 g/mol. The lowest BCUT2D eigenvalue weighted by molar-refractivity contribution is 0.482. The molecule has 7 heteroatoms. The summed E-state index contributed by atoms with van der Waals surface area (Å²) in [5.41, 5.74) is 1.36. The molecule has 0 spiro atoms. The van der Waals surface area contributed by atoms with Gasteiger partial charge in [0.25, 0.3) is 0 Å². The maximum atomic E-state index is 9.29. The largest absolute Gasteiger partial charge is 0.353 e. The second-order valence-electron chi connectivity index (χ2n) is 5.25. The molecule has 2 aromatic rings. The van der Waals surface area contributed by atoms with Crippen LogP contribution >= 0.6 is 0 Å². The van der Waals surface area contributed by atoms with Crippen LogP contribution in [0.25, 0.3) is 11.4 Å². The van der Waals surface area contributed by atoms with Gasteiger partial charge < -0.3 is 10.2 Å². The zero-order chi connectivity index (χ0) is 14.8. The maximum absolute atomic E-state index is 9.29. The van der Waals surface area contributed by atoms with E-state index >= 15 is 0 Å². The number of anilines is 1. The van der Waals surface area contributed by atoms with Crippen LogP contribution < -0.4 is 10.2 Å². The topological polar surface area (TPSA) is 82.7 Å². The van der Waals surface area contributed by atoms with Crippen molar-refractivity contribution in [3.05, 3.63) is 24.2 Å². The first kappa shape index (κ1) is 13.5. The van der Waals surface area contributed by atoms with Crippen LogP contribution in [0.1, 0.15) is 12.5 Å². The van der Waals surface area contributed by atoms with Crippen LogP contribution in [0, 0.1) is 11.3 Å². The van der Waals surface area contributed by atoms with Crippen molar-refractivity contribution in [3.8, 4) is 17.5 Å². The molecule has 1 saturated heterocycles. The highest BCUT2D eigenvalue weighted by Crippen LogP contribution is 2.22. The van der Waals surface area contributed by atoms with Gasteiger partial charge in [-0.25, -0.2) is 9.97 Å². The number of nitrogens with zero attached hydrogens (tertiary/aromatic N) is 6. The Labute approximate surface area is 123 Å². The lowest BCUT2D eigenvalue weighted by Crippen LogP contribution is -2.49. The van der Waals surface area contributed by atoms with E-state index in [9.17, 15) is 5.26 Å². The molecule has 1 unspecified atom stereocenters.